The van der Waals surface area contributed by atoms with E-state index >= 15 is 0 Å². The molecule has 2 aromatic rings. The van der Waals surface area contributed by atoms with Crippen molar-refractivity contribution < 1.29 is 32.7 Å². The maximum Gasteiger partial charge on any atom is 0.433 e. The molecule has 0 unspecified atom stereocenters. The fraction of sp³-hybridized carbons (Fsp3) is 0.586. The van der Waals surface area contributed by atoms with Gasteiger partial charge in [0.05, 0.1) is 45.9 Å². The van der Waals surface area contributed by atoms with Crippen LogP contribution in [-0.4, -0.2) is 50.0 Å². The molecule has 41 heavy (non-hydrogen) atoms. The van der Waals surface area contributed by atoms with E-state index < -0.39 is 59.6 Å². The molecule has 12 heteroatoms. The van der Waals surface area contributed by atoms with Crippen molar-refractivity contribution in [3.8, 4) is 0 Å². The molecule has 3 fully saturated rings. The van der Waals surface area contributed by atoms with E-state index in [0.717, 1.165) is 10.9 Å². The first-order valence-electron chi connectivity index (χ1n) is 13.8. The van der Waals surface area contributed by atoms with Crippen molar-refractivity contribution in [1.82, 2.24) is 14.7 Å². The highest BCUT2D eigenvalue weighted by Crippen LogP contribution is 2.67. The van der Waals surface area contributed by atoms with Crippen LogP contribution in [0.3, 0.4) is 0 Å². The lowest BCUT2D eigenvalue weighted by atomic mass is 9.78. The number of aromatic nitrogens is 2. The van der Waals surface area contributed by atoms with Gasteiger partial charge >= 0.3 is 12.1 Å². The second-order valence-electron chi connectivity index (χ2n) is 12.4. The number of fused-ring (bicyclic) bond motifs is 1. The summed E-state index contributed by atoms with van der Waals surface area (Å²) in [5, 5.41) is 13.7. The second-order valence-corrected chi connectivity index (χ2v) is 13.2. The third-order valence-electron chi connectivity index (χ3n) is 9.70. The van der Waals surface area contributed by atoms with E-state index in [1.54, 1.807) is 13.0 Å². The average molecular weight is 614 g/mol. The summed E-state index contributed by atoms with van der Waals surface area (Å²) in [5.41, 5.74) is -1.68. The van der Waals surface area contributed by atoms with Crippen LogP contribution in [0.15, 0.2) is 24.4 Å². The smallest absolute Gasteiger partial charge is 0.433 e. The van der Waals surface area contributed by atoms with Crippen molar-refractivity contribution in [2.45, 2.75) is 71.1 Å². The minimum atomic E-state index is -4.91. The number of carboxylic acid groups (broad SMARTS) is 1. The van der Waals surface area contributed by atoms with Crippen LogP contribution in [0.5, 0.6) is 0 Å². The average Bonchev–Trinajstić information content (AvgIpc) is 3.29. The number of rotatable bonds is 7. The van der Waals surface area contributed by atoms with Gasteiger partial charge in [0.1, 0.15) is 0 Å². The molecule has 7 nitrogen and oxygen atoms in total. The highest BCUT2D eigenvalue weighted by atomic mass is 35.5. The molecule has 5 rings (SSSR count). The summed E-state index contributed by atoms with van der Waals surface area (Å²) in [6.45, 7) is 5.49. The number of Topliss-reactive ketones (excluding diaryl/α,β-unsaturated/α-hetero) is 1. The first kappa shape index (κ1) is 29.9. The van der Waals surface area contributed by atoms with Gasteiger partial charge in [-0.3, -0.25) is 19.1 Å². The summed E-state index contributed by atoms with van der Waals surface area (Å²) in [7, 11) is 0. The first-order chi connectivity index (χ1) is 19.1. The molecule has 3 aliphatic carbocycles. The molecule has 222 valence electrons. The number of hydrogen-bond donors (Lipinski definition) is 1. The van der Waals surface area contributed by atoms with E-state index in [2.05, 4.69) is 18.9 Å². The number of carboxylic acids is 1. The lowest BCUT2D eigenvalue weighted by Crippen LogP contribution is -2.44. The molecule has 1 heterocycles. The molecule has 0 bridgehead atoms. The Balaban J connectivity index is 1.49. The lowest BCUT2D eigenvalue weighted by Gasteiger charge is -2.33. The number of carbonyl (C=O) groups excluding carboxylic acids is 2. The summed E-state index contributed by atoms with van der Waals surface area (Å²) in [6, 6.07) is 3.42. The monoisotopic (exact) mass is 613 g/mol. The number of hydrogen-bond acceptors (Lipinski definition) is 4. The maximum absolute atomic E-state index is 14.6. The largest absolute Gasteiger partial charge is 0.481 e. The standard InChI is InChI=1S/C29H32Cl2F3N3O4/c1-14-9-15(7-8-17(14)27(40)41)37-25(29(32,33)34)18(12-35-37)26(39)36(16-10-19-20(11-16)28(19,2)3)13-23(38)24-21(30)5-4-6-22(24)31/h4-6,12,14-17,19-20H,7-11,13H2,1-3H3,(H,40,41)/t14-,15+,16-,17+,19+,20-/m1/s1. The summed E-state index contributed by atoms with van der Waals surface area (Å²) in [6.07, 6.45) is -2.23. The highest BCUT2D eigenvalue weighted by Gasteiger charge is 2.63. The zero-order valence-corrected chi connectivity index (χ0v) is 24.4. The number of amides is 1. The fourth-order valence-electron chi connectivity index (χ4n) is 7.28. The van der Waals surface area contributed by atoms with Crippen molar-refractivity contribution in [1.29, 1.82) is 0 Å². The molecule has 6 atom stereocenters. The van der Waals surface area contributed by atoms with E-state index in [1.165, 1.54) is 17.0 Å². The Morgan fingerprint density at radius 1 is 1.10 bits per heavy atom. The summed E-state index contributed by atoms with van der Waals surface area (Å²) in [5.74, 6) is -2.82. The Kier molecular flexibility index (Phi) is 7.72. The number of nitrogens with zero attached hydrogens (tertiary/aromatic N) is 3. The van der Waals surface area contributed by atoms with E-state index in [0.29, 0.717) is 24.7 Å². The molecule has 3 aliphatic rings. The van der Waals surface area contributed by atoms with Gasteiger partial charge in [0.2, 0.25) is 0 Å². The number of aliphatic carboxylic acids is 1. The number of halogens is 5. The Bertz CT molecular complexity index is 1360. The number of alkyl halides is 3. The molecule has 0 spiro atoms. The third-order valence-corrected chi connectivity index (χ3v) is 10.3. The van der Waals surface area contributed by atoms with Gasteiger partial charge in [-0.25, -0.2) is 0 Å². The van der Waals surface area contributed by atoms with Gasteiger partial charge in [-0.05, 0) is 67.4 Å². The molecular weight excluding hydrogens is 582 g/mol. The van der Waals surface area contributed by atoms with Crippen LogP contribution in [0, 0.1) is 29.1 Å². The van der Waals surface area contributed by atoms with Crippen molar-refractivity contribution in [3.05, 3.63) is 51.3 Å². The number of ketones is 1. The maximum atomic E-state index is 14.6. The molecule has 3 saturated carbocycles. The zero-order chi connectivity index (χ0) is 30.0. The highest BCUT2D eigenvalue weighted by molar-refractivity contribution is 6.40. The zero-order valence-electron chi connectivity index (χ0n) is 22.9. The van der Waals surface area contributed by atoms with Gasteiger partial charge in [0.25, 0.3) is 5.91 Å². The van der Waals surface area contributed by atoms with Crippen molar-refractivity contribution in [3.63, 3.8) is 0 Å². The Labute approximate surface area is 246 Å². The van der Waals surface area contributed by atoms with E-state index in [9.17, 15) is 32.7 Å². The summed E-state index contributed by atoms with van der Waals surface area (Å²) < 4.78 is 44.6. The third kappa shape index (κ3) is 5.38. The predicted molar refractivity (Wildman–Crippen MR) is 146 cm³/mol. The second kappa shape index (κ2) is 10.6. The van der Waals surface area contributed by atoms with Gasteiger partial charge in [-0.15, -0.1) is 0 Å². The minimum absolute atomic E-state index is 0.0213. The lowest BCUT2D eigenvalue weighted by molar-refractivity contribution is -0.149. The molecule has 1 aromatic heterocycles. The molecule has 0 aliphatic heterocycles. The van der Waals surface area contributed by atoms with E-state index in [1.807, 2.05) is 0 Å². The van der Waals surface area contributed by atoms with Crippen LogP contribution in [0.25, 0.3) is 0 Å². The van der Waals surface area contributed by atoms with Crippen molar-refractivity contribution in [2.75, 3.05) is 6.54 Å². The SMILES string of the molecule is C[C@@H]1C[C@@H](n2ncc(C(=O)N(CC(=O)c3c(Cl)cccc3Cl)[C@H]3C[C@@H]4[C@H](C3)C4(C)C)c2C(F)(F)F)CC[C@@H]1C(=O)O. The normalized spacial score (nSPS) is 28.7. The van der Waals surface area contributed by atoms with E-state index in [4.69, 9.17) is 23.2 Å². The van der Waals surface area contributed by atoms with Gasteiger partial charge in [-0.2, -0.15) is 18.3 Å². The van der Waals surface area contributed by atoms with Crippen LogP contribution < -0.4 is 0 Å². The number of benzene rings is 1. The summed E-state index contributed by atoms with van der Waals surface area (Å²) >= 11 is 12.5. The van der Waals surface area contributed by atoms with Crippen LogP contribution in [-0.2, 0) is 11.0 Å². The Morgan fingerprint density at radius 2 is 1.71 bits per heavy atom. The fourth-order valence-corrected chi connectivity index (χ4v) is 7.89. The van der Waals surface area contributed by atoms with Crippen LogP contribution in [0.2, 0.25) is 10.0 Å². The van der Waals surface area contributed by atoms with E-state index in [-0.39, 0.29) is 46.2 Å². The van der Waals surface area contributed by atoms with Gasteiger partial charge in [-0.1, -0.05) is 50.0 Å². The first-order valence-corrected chi connectivity index (χ1v) is 14.5. The summed E-state index contributed by atoms with van der Waals surface area (Å²) in [4.78, 5) is 40.2. The molecule has 1 amide bonds. The van der Waals surface area contributed by atoms with Crippen LogP contribution in [0.4, 0.5) is 13.2 Å². The Hall–Kier alpha value is -2.59. The van der Waals surface area contributed by atoms with Crippen molar-refractivity contribution >= 4 is 40.9 Å². The minimum Gasteiger partial charge on any atom is -0.481 e. The van der Waals surface area contributed by atoms with Gasteiger partial charge < -0.3 is 10.0 Å². The number of carbonyl (C=O) groups is 3. The molecule has 1 aromatic carbocycles. The molecule has 1 N–H and O–H groups in total. The van der Waals surface area contributed by atoms with Crippen LogP contribution >= 0.6 is 23.2 Å². The quantitative estimate of drug-likeness (QED) is 0.338. The molecular formula is C29H32Cl2F3N3O4. The van der Waals surface area contributed by atoms with Gasteiger partial charge in [0, 0.05) is 6.04 Å². The van der Waals surface area contributed by atoms with Crippen LogP contribution in [0.1, 0.15) is 85.3 Å². The topological polar surface area (TPSA) is 92.5 Å². The molecule has 0 saturated heterocycles. The Morgan fingerprint density at radius 3 is 2.24 bits per heavy atom. The predicted octanol–water partition coefficient (Wildman–Crippen LogP) is 7.03. The van der Waals surface area contributed by atoms with Gasteiger partial charge in [0.15, 0.2) is 11.5 Å². The molecule has 0 radical (unpaired) electrons. The van der Waals surface area contributed by atoms with Crippen molar-refractivity contribution in [2.24, 2.45) is 29.1 Å².